The quantitative estimate of drug-likeness (QED) is 0.919. The number of benzene rings is 2. The third-order valence-corrected chi connectivity index (χ3v) is 2.87. The van der Waals surface area contributed by atoms with Gasteiger partial charge < -0.3 is 10.5 Å². The molecule has 0 saturated carbocycles. The smallest absolute Gasteiger partial charge is 0.119 e. The second kappa shape index (κ2) is 7.17. The average molecular weight is 278 g/mol. The van der Waals surface area contributed by atoms with Crippen molar-refractivity contribution in [3.63, 3.8) is 0 Å². The van der Waals surface area contributed by atoms with E-state index in [1.54, 1.807) is 0 Å². The molecule has 0 aliphatic rings. The maximum atomic E-state index is 5.71. The Balaban J connectivity index is 0.00000180. The van der Waals surface area contributed by atoms with Crippen molar-refractivity contribution in [2.24, 2.45) is 5.73 Å². The van der Waals surface area contributed by atoms with Crippen LogP contribution in [0.3, 0.4) is 0 Å². The number of hydrogen-bond donors (Lipinski definition) is 1. The second-order valence-corrected chi connectivity index (χ2v) is 4.37. The van der Waals surface area contributed by atoms with E-state index < -0.39 is 0 Å². The van der Waals surface area contributed by atoms with Gasteiger partial charge in [0.15, 0.2) is 0 Å². The fourth-order valence-corrected chi connectivity index (χ4v) is 2.06. The summed E-state index contributed by atoms with van der Waals surface area (Å²) in [5, 5.41) is 0. The van der Waals surface area contributed by atoms with Crippen LogP contribution in [0, 0.1) is 6.92 Å². The first-order valence-electron chi connectivity index (χ1n) is 6.27. The fourth-order valence-electron chi connectivity index (χ4n) is 2.06. The van der Waals surface area contributed by atoms with Gasteiger partial charge in [-0.15, -0.1) is 12.4 Å². The van der Waals surface area contributed by atoms with Crippen molar-refractivity contribution in [1.29, 1.82) is 0 Å². The van der Waals surface area contributed by atoms with Gasteiger partial charge in [0.1, 0.15) is 5.75 Å². The molecule has 0 aliphatic carbocycles. The van der Waals surface area contributed by atoms with Gasteiger partial charge in [0, 0.05) is 6.54 Å². The van der Waals surface area contributed by atoms with Gasteiger partial charge in [-0.3, -0.25) is 0 Å². The minimum atomic E-state index is 0. The molecular weight excluding hydrogens is 258 g/mol. The Hall–Kier alpha value is -1.51. The number of ether oxygens (including phenoxy) is 1. The zero-order chi connectivity index (χ0) is 13.0. The molecule has 0 amide bonds. The van der Waals surface area contributed by atoms with E-state index in [0.717, 1.165) is 5.75 Å². The van der Waals surface area contributed by atoms with Crippen molar-refractivity contribution in [2.75, 3.05) is 6.61 Å². The number of hydrogen-bond acceptors (Lipinski definition) is 2. The Morgan fingerprint density at radius 3 is 2.26 bits per heavy atom. The predicted octanol–water partition coefficient (Wildman–Crippen LogP) is 3.94. The zero-order valence-electron chi connectivity index (χ0n) is 11.3. The van der Waals surface area contributed by atoms with Crippen LogP contribution in [0.4, 0.5) is 0 Å². The fraction of sp³-hybridized carbons (Fsp3) is 0.250. The van der Waals surface area contributed by atoms with Gasteiger partial charge in [0.2, 0.25) is 0 Å². The highest BCUT2D eigenvalue weighted by molar-refractivity contribution is 5.85. The first kappa shape index (κ1) is 15.5. The lowest BCUT2D eigenvalue weighted by atomic mass is 10.0. The Morgan fingerprint density at radius 2 is 1.68 bits per heavy atom. The van der Waals surface area contributed by atoms with Crippen molar-refractivity contribution in [2.45, 2.75) is 20.4 Å². The van der Waals surface area contributed by atoms with Crippen LogP contribution in [-0.2, 0) is 6.54 Å². The van der Waals surface area contributed by atoms with Crippen LogP contribution in [0.2, 0.25) is 0 Å². The maximum absolute atomic E-state index is 5.71. The Morgan fingerprint density at radius 1 is 1.00 bits per heavy atom. The third-order valence-electron chi connectivity index (χ3n) is 2.87. The molecule has 102 valence electrons. The minimum Gasteiger partial charge on any atom is -0.494 e. The molecule has 0 atom stereocenters. The number of rotatable bonds is 4. The van der Waals surface area contributed by atoms with E-state index in [1.165, 1.54) is 22.3 Å². The topological polar surface area (TPSA) is 35.2 Å². The predicted molar refractivity (Wildman–Crippen MR) is 82.9 cm³/mol. The molecule has 0 aliphatic heterocycles. The van der Waals surface area contributed by atoms with Crippen LogP contribution >= 0.6 is 12.4 Å². The molecule has 2 aromatic carbocycles. The van der Waals surface area contributed by atoms with Crippen molar-refractivity contribution in [3.05, 3.63) is 53.6 Å². The first-order valence-corrected chi connectivity index (χ1v) is 6.27. The lowest BCUT2D eigenvalue weighted by Gasteiger charge is -2.08. The van der Waals surface area contributed by atoms with E-state index >= 15 is 0 Å². The summed E-state index contributed by atoms with van der Waals surface area (Å²) in [5.41, 5.74) is 10.5. The molecule has 2 N–H and O–H groups in total. The molecule has 3 heteroatoms. The van der Waals surface area contributed by atoms with Gasteiger partial charge in [-0.2, -0.15) is 0 Å². The normalized spacial score (nSPS) is 9.84. The number of halogens is 1. The molecule has 2 nitrogen and oxygen atoms in total. The first-order chi connectivity index (χ1) is 8.72. The van der Waals surface area contributed by atoms with Crippen LogP contribution in [-0.4, -0.2) is 6.61 Å². The third kappa shape index (κ3) is 3.98. The maximum Gasteiger partial charge on any atom is 0.119 e. The summed E-state index contributed by atoms with van der Waals surface area (Å²) in [7, 11) is 0. The van der Waals surface area contributed by atoms with Crippen molar-refractivity contribution >= 4 is 12.4 Å². The minimum absolute atomic E-state index is 0. The molecule has 0 bridgehead atoms. The van der Waals surface area contributed by atoms with Gasteiger partial charge >= 0.3 is 0 Å². The van der Waals surface area contributed by atoms with Gasteiger partial charge in [0.05, 0.1) is 6.61 Å². The summed E-state index contributed by atoms with van der Waals surface area (Å²) in [6, 6.07) is 14.6. The standard InChI is InChI=1S/C16H19NO.ClH/c1-3-18-16-6-4-14(5-7-16)15-9-12(2)8-13(10-15)11-17;/h4-10H,3,11,17H2,1-2H3;1H. The zero-order valence-corrected chi connectivity index (χ0v) is 12.2. The SMILES string of the molecule is CCOc1ccc(-c2cc(C)cc(CN)c2)cc1.Cl. The number of aryl methyl sites for hydroxylation is 1. The van der Waals surface area contributed by atoms with Crippen molar-refractivity contribution in [1.82, 2.24) is 0 Å². The summed E-state index contributed by atoms with van der Waals surface area (Å²) >= 11 is 0. The van der Waals surface area contributed by atoms with E-state index in [0.29, 0.717) is 13.2 Å². The van der Waals surface area contributed by atoms with Crippen LogP contribution in [0.5, 0.6) is 5.75 Å². The Bertz CT molecular complexity index is 523. The lowest BCUT2D eigenvalue weighted by Crippen LogP contribution is -1.97. The van der Waals surface area contributed by atoms with Gasteiger partial charge in [0.25, 0.3) is 0 Å². The van der Waals surface area contributed by atoms with Crippen molar-refractivity contribution in [3.8, 4) is 16.9 Å². The van der Waals surface area contributed by atoms with Gasteiger partial charge in [-0.25, -0.2) is 0 Å². The molecule has 19 heavy (non-hydrogen) atoms. The highest BCUT2D eigenvalue weighted by atomic mass is 35.5. The average Bonchev–Trinajstić information content (AvgIpc) is 2.39. The van der Waals surface area contributed by atoms with Crippen LogP contribution in [0.1, 0.15) is 18.1 Å². The molecule has 2 rings (SSSR count). The Labute approximate surface area is 121 Å². The van der Waals surface area contributed by atoms with Crippen LogP contribution in [0.25, 0.3) is 11.1 Å². The Kier molecular flexibility index (Phi) is 5.87. The molecule has 0 heterocycles. The summed E-state index contributed by atoms with van der Waals surface area (Å²) in [6.07, 6.45) is 0. The molecule has 0 spiro atoms. The molecule has 0 saturated heterocycles. The second-order valence-electron chi connectivity index (χ2n) is 4.37. The summed E-state index contributed by atoms with van der Waals surface area (Å²) in [6.45, 7) is 5.35. The summed E-state index contributed by atoms with van der Waals surface area (Å²) < 4.78 is 5.45. The molecule has 0 unspecified atom stereocenters. The largest absolute Gasteiger partial charge is 0.494 e. The molecule has 2 aromatic rings. The lowest BCUT2D eigenvalue weighted by molar-refractivity contribution is 0.340. The van der Waals surface area contributed by atoms with Gasteiger partial charge in [-0.1, -0.05) is 29.8 Å². The highest BCUT2D eigenvalue weighted by Gasteiger charge is 2.01. The van der Waals surface area contributed by atoms with E-state index in [9.17, 15) is 0 Å². The summed E-state index contributed by atoms with van der Waals surface area (Å²) in [5.74, 6) is 0.910. The van der Waals surface area contributed by atoms with E-state index in [4.69, 9.17) is 10.5 Å². The van der Waals surface area contributed by atoms with Crippen molar-refractivity contribution < 1.29 is 4.74 Å². The van der Waals surface area contributed by atoms with E-state index in [1.807, 2.05) is 19.1 Å². The molecule has 0 fully saturated rings. The van der Waals surface area contributed by atoms with E-state index in [-0.39, 0.29) is 12.4 Å². The summed E-state index contributed by atoms with van der Waals surface area (Å²) in [4.78, 5) is 0. The van der Waals surface area contributed by atoms with Crippen LogP contribution < -0.4 is 10.5 Å². The molecule has 0 aromatic heterocycles. The molecular formula is C16H20ClNO. The monoisotopic (exact) mass is 277 g/mol. The highest BCUT2D eigenvalue weighted by Crippen LogP contribution is 2.24. The van der Waals surface area contributed by atoms with Gasteiger partial charge in [-0.05, 0) is 48.7 Å². The molecule has 0 radical (unpaired) electrons. The number of nitrogens with two attached hydrogens (primary N) is 1. The van der Waals surface area contributed by atoms with Crippen LogP contribution in [0.15, 0.2) is 42.5 Å². The van der Waals surface area contributed by atoms with E-state index in [2.05, 4.69) is 37.3 Å².